The van der Waals surface area contributed by atoms with E-state index in [1.807, 2.05) is 0 Å². The molecule has 4 nitrogen and oxygen atoms in total. The maximum atomic E-state index is 6.84. The number of hydrogen-bond donors (Lipinski definition) is 0. The summed E-state index contributed by atoms with van der Waals surface area (Å²) in [7, 11) is 0. The van der Waals surface area contributed by atoms with Crippen molar-refractivity contribution >= 4 is 87.4 Å². The van der Waals surface area contributed by atoms with Crippen LogP contribution in [0.15, 0.2) is 180 Å². The average molecular weight is 664 g/mol. The molecule has 0 atom stereocenters. The zero-order valence-electron chi connectivity index (χ0n) is 28.0. The quantitative estimate of drug-likeness (QED) is 0.185. The molecule has 52 heavy (non-hydrogen) atoms. The smallest absolute Gasteiger partial charge is 0.159 e. The fourth-order valence-corrected chi connectivity index (χ4v) is 8.92. The summed E-state index contributed by atoms with van der Waals surface area (Å²) in [4.78, 5) is 0. The van der Waals surface area contributed by atoms with Gasteiger partial charge in [0.25, 0.3) is 0 Å². The minimum Gasteiger partial charge on any atom is -0.454 e. The van der Waals surface area contributed by atoms with Gasteiger partial charge in [-0.25, -0.2) is 0 Å². The summed E-state index contributed by atoms with van der Waals surface area (Å²) in [5.41, 5.74) is 12.0. The van der Waals surface area contributed by atoms with E-state index in [0.29, 0.717) is 0 Å². The van der Waals surface area contributed by atoms with Crippen molar-refractivity contribution in [2.24, 2.45) is 0 Å². The van der Waals surface area contributed by atoms with E-state index in [4.69, 9.17) is 4.42 Å². The Balaban J connectivity index is 1.40. The van der Waals surface area contributed by atoms with Gasteiger partial charge in [0, 0.05) is 54.5 Å². The van der Waals surface area contributed by atoms with E-state index >= 15 is 0 Å². The third-order valence-corrected chi connectivity index (χ3v) is 11.0. The second kappa shape index (κ2) is 10.3. The predicted molar refractivity (Wildman–Crippen MR) is 217 cm³/mol. The van der Waals surface area contributed by atoms with E-state index in [1.54, 1.807) is 0 Å². The first kappa shape index (κ1) is 27.7. The van der Waals surface area contributed by atoms with E-state index in [1.165, 1.54) is 54.4 Å². The molecule has 0 aliphatic heterocycles. The van der Waals surface area contributed by atoms with Crippen molar-refractivity contribution in [1.29, 1.82) is 0 Å². The largest absolute Gasteiger partial charge is 0.454 e. The summed E-state index contributed by atoms with van der Waals surface area (Å²) >= 11 is 0. The molecule has 0 amide bonds. The van der Waals surface area contributed by atoms with Crippen molar-refractivity contribution in [3.8, 4) is 17.1 Å². The number of para-hydroxylation sites is 6. The molecule has 4 aromatic heterocycles. The van der Waals surface area contributed by atoms with Gasteiger partial charge in [-0.15, -0.1) is 0 Å². The number of nitrogens with zero attached hydrogens (tertiary/aromatic N) is 3. The van der Waals surface area contributed by atoms with E-state index in [2.05, 4.69) is 190 Å². The molecule has 0 saturated carbocycles. The second-order valence-corrected chi connectivity index (χ2v) is 13.7. The van der Waals surface area contributed by atoms with Crippen LogP contribution >= 0.6 is 0 Å². The van der Waals surface area contributed by atoms with Gasteiger partial charge in [-0.1, -0.05) is 127 Å². The standard InChI is InChI=1S/C48H29N3O/c1-3-14-30(15-4-1)49-40-22-10-7-18-32(40)35-26-28-37-38-29-27-36-33-19-8-11-23-41(33)50(31-16-5-2-6-17-31)45(36)47(38)51(46(37)44(35)49)42-24-13-21-39-34-20-9-12-25-43(34)52-48(39)42/h1-29H. The maximum Gasteiger partial charge on any atom is 0.159 e. The lowest BCUT2D eigenvalue weighted by atomic mass is 10.1. The number of hydrogen-bond acceptors (Lipinski definition) is 1. The topological polar surface area (TPSA) is 27.9 Å². The highest BCUT2D eigenvalue weighted by Crippen LogP contribution is 2.47. The van der Waals surface area contributed by atoms with Gasteiger partial charge < -0.3 is 18.1 Å². The summed E-state index contributed by atoms with van der Waals surface area (Å²) in [5, 5.41) is 9.50. The van der Waals surface area contributed by atoms with Crippen LogP contribution in [0.3, 0.4) is 0 Å². The Morgan fingerprint density at radius 3 is 1.27 bits per heavy atom. The van der Waals surface area contributed by atoms with Gasteiger partial charge in [-0.05, 0) is 48.5 Å². The van der Waals surface area contributed by atoms with Crippen LogP contribution in [-0.4, -0.2) is 13.7 Å². The molecule has 0 unspecified atom stereocenters. The number of rotatable bonds is 3. The summed E-state index contributed by atoms with van der Waals surface area (Å²) in [6.45, 7) is 0. The van der Waals surface area contributed by atoms with Crippen LogP contribution in [0, 0.1) is 0 Å². The Hall–Kier alpha value is -7.04. The van der Waals surface area contributed by atoms with Gasteiger partial charge >= 0.3 is 0 Å². The van der Waals surface area contributed by atoms with Crippen LogP contribution in [0.4, 0.5) is 0 Å². The van der Waals surface area contributed by atoms with Crippen LogP contribution in [-0.2, 0) is 0 Å². The van der Waals surface area contributed by atoms with Crippen molar-refractivity contribution in [1.82, 2.24) is 13.7 Å². The Labute approximate surface area is 297 Å². The maximum absolute atomic E-state index is 6.84. The van der Waals surface area contributed by atoms with Crippen molar-refractivity contribution in [2.75, 3.05) is 0 Å². The summed E-state index contributed by atoms with van der Waals surface area (Å²) < 4.78 is 14.3. The Bertz CT molecular complexity index is 3220. The van der Waals surface area contributed by atoms with E-state index in [9.17, 15) is 0 Å². The first-order chi connectivity index (χ1) is 25.8. The van der Waals surface area contributed by atoms with Crippen molar-refractivity contribution in [3.05, 3.63) is 176 Å². The average Bonchev–Trinajstić information content (AvgIpc) is 3.95. The van der Waals surface area contributed by atoms with Gasteiger partial charge in [0.15, 0.2) is 5.58 Å². The molecule has 12 aromatic rings. The van der Waals surface area contributed by atoms with Gasteiger partial charge in [-0.3, -0.25) is 0 Å². The van der Waals surface area contributed by atoms with Crippen molar-refractivity contribution in [2.45, 2.75) is 0 Å². The minimum atomic E-state index is 0.876. The van der Waals surface area contributed by atoms with Gasteiger partial charge in [-0.2, -0.15) is 0 Å². The molecule has 0 saturated heterocycles. The fraction of sp³-hybridized carbons (Fsp3) is 0. The lowest BCUT2D eigenvalue weighted by molar-refractivity contribution is 0.666. The van der Waals surface area contributed by atoms with E-state index in [-0.39, 0.29) is 0 Å². The van der Waals surface area contributed by atoms with Crippen molar-refractivity contribution < 1.29 is 4.42 Å². The predicted octanol–water partition coefficient (Wildman–Crippen LogP) is 12.9. The molecular weight excluding hydrogens is 635 g/mol. The third-order valence-electron chi connectivity index (χ3n) is 11.0. The molecule has 0 fully saturated rings. The molecule has 0 aliphatic rings. The molecule has 12 rings (SSSR count). The lowest BCUT2D eigenvalue weighted by Gasteiger charge is -2.14. The van der Waals surface area contributed by atoms with Crippen molar-refractivity contribution in [3.63, 3.8) is 0 Å². The Morgan fingerprint density at radius 1 is 0.288 bits per heavy atom. The zero-order chi connectivity index (χ0) is 33.9. The minimum absolute atomic E-state index is 0.876. The van der Waals surface area contributed by atoms with Gasteiger partial charge in [0.2, 0.25) is 0 Å². The van der Waals surface area contributed by atoms with Crippen LogP contribution in [0.2, 0.25) is 0 Å². The van der Waals surface area contributed by atoms with Crippen LogP contribution in [0.1, 0.15) is 0 Å². The van der Waals surface area contributed by atoms with Gasteiger partial charge in [0.1, 0.15) is 5.58 Å². The molecular formula is C48H29N3O. The van der Waals surface area contributed by atoms with Crippen LogP contribution in [0.5, 0.6) is 0 Å². The summed E-state index contributed by atoms with van der Waals surface area (Å²) in [6.07, 6.45) is 0. The summed E-state index contributed by atoms with van der Waals surface area (Å²) in [6, 6.07) is 63.4. The van der Waals surface area contributed by atoms with Gasteiger partial charge in [0.05, 0.1) is 38.8 Å². The monoisotopic (exact) mass is 663 g/mol. The molecule has 0 spiro atoms. The number of aromatic nitrogens is 3. The molecule has 0 bridgehead atoms. The Morgan fingerprint density at radius 2 is 0.712 bits per heavy atom. The zero-order valence-corrected chi connectivity index (χ0v) is 28.0. The molecule has 4 heterocycles. The van der Waals surface area contributed by atoms with Crippen LogP contribution in [0.25, 0.3) is 104 Å². The first-order valence-electron chi connectivity index (χ1n) is 17.8. The fourth-order valence-electron chi connectivity index (χ4n) is 8.92. The third kappa shape index (κ3) is 3.55. The van der Waals surface area contributed by atoms with E-state index < -0.39 is 0 Å². The molecule has 242 valence electrons. The first-order valence-corrected chi connectivity index (χ1v) is 17.8. The highest BCUT2D eigenvalue weighted by Gasteiger charge is 2.26. The Kier molecular flexibility index (Phi) is 5.47. The van der Waals surface area contributed by atoms with Crippen LogP contribution < -0.4 is 0 Å². The molecule has 4 heteroatoms. The number of furan rings is 1. The molecule has 0 N–H and O–H groups in total. The lowest BCUT2D eigenvalue weighted by Crippen LogP contribution is -2.01. The molecule has 8 aromatic carbocycles. The number of benzene rings is 8. The number of fused-ring (bicyclic) bond motifs is 14. The molecule has 0 aliphatic carbocycles. The van der Waals surface area contributed by atoms with E-state index in [0.717, 1.165) is 50.0 Å². The highest BCUT2D eigenvalue weighted by molar-refractivity contribution is 6.29. The second-order valence-electron chi connectivity index (χ2n) is 13.7. The normalized spacial score (nSPS) is 12.2. The summed E-state index contributed by atoms with van der Waals surface area (Å²) in [5.74, 6) is 0. The highest BCUT2D eigenvalue weighted by atomic mass is 16.3. The SMILES string of the molecule is c1ccc(-n2c3ccccc3c3ccc4c5ccc6c7ccccc7n(-c7ccccc7)c6c5n(-c5cccc6c5oc5ccccc56)c4c32)cc1. The molecule has 0 radical (unpaired) electrons.